The molecular formula is C30H31ClN3O4+. The number of pyridine rings is 1. The zero-order valence-electron chi connectivity index (χ0n) is 21.1. The first kappa shape index (κ1) is 24.9. The second-order valence-corrected chi connectivity index (χ2v) is 11.0. The summed E-state index contributed by atoms with van der Waals surface area (Å²) in [5, 5.41) is 9.71. The minimum atomic E-state index is -1.34. The van der Waals surface area contributed by atoms with E-state index in [1.54, 1.807) is 12.1 Å². The number of ether oxygens (including phenoxy) is 1. The number of carbonyl (C=O) groups is 2. The lowest BCUT2D eigenvalue weighted by molar-refractivity contribution is -0.915. The fraction of sp³-hybridized carbons (Fsp3) is 0.367. The minimum Gasteiger partial charge on any atom is -0.449 e. The lowest BCUT2D eigenvalue weighted by atomic mass is 9.91. The molecule has 1 aliphatic heterocycles. The summed E-state index contributed by atoms with van der Waals surface area (Å²) in [6, 6.07) is 17.3. The van der Waals surface area contributed by atoms with E-state index in [-0.39, 0.29) is 24.0 Å². The summed E-state index contributed by atoms with van der Waals surface area (Å²) in [6.45, 7) is 1.72. The number of hydrogen-bond acceptors (Lipinski definition) is 5. The Morgan fingerprint density at radius 3 is 2.34 bits per heavy atom. The fourth-order valence-electron chi connectivity index (χ4n) is 6.90. The molecule has 2 fully saturated rings. The molecule has 1 unspecified atom stereocenters. The van der Waals surface area contributed by atoms with E-state index in [1.807, 2.05) is 54.9 Å². The van der Waals surface area contributed by atoms with E-state index >= 15 is 0 Å². The third-order valence-corrected chi connectivity index (χ3v) is 8.92. The third kappa shape index (κ3) is 4.33. The SMILES string of the molecule is O=C(O)Oc1ccc2c(c1)[C@H]([N+](C(=O)c1ccccc1Cl)(C1CC1)C1CCN(c3ccncc3)CC1)CC2. The molecule has 1 amide bonds. The number of halogens is 1. The van der Waals surface area contributed by atoms with Crippen LogP contribution in [0, 0.1) is 0 Å². The molecule has 0 bridgehead atoms. The van der Waals surface area contributed by atoms with E-state index in [9.17, 15) is 14.7 Å². The molecule has 2 heterocycles. The molecule has 2 atom stereocenters. The highest BCUT2D eigenvalue weighted by Gasteiger charge is 2.61. The maximum Gasteiger partial charge on any atom is 0.511 e. The third-order valence-electron chi connectivity index (χ3n) is 8.59. The summed E-state index contributed by atoms with van der Waals surface area (Å²) in [5.41, 5.74) is 3.93. The number of anilines is 1. The number of carbonyl (C=O) groups excluding carboxylic acids is 1. The van der Waals surface area contributed by atoms with Crippen LogP contribution in [-0.4, -0.2) is 51.8 Å². The first-order valence-corrected chi connectivity index (χ1v) is 13.7. The van der Waals surface area contributed by atoms with Crippen molar-refractivity contribution in [2.75, 3.05) is 18.0 Å². The molecule has 196 valence electrons. The van der Waals surface area contributed by atoms with Crippen LogP contribution in [0.4, 0.5) is 10.5 Å². The Kier molecular flexibility index (Phi) is 6.58. The second kappa shape index (κ2) is 10.0. The lowest BCUT2D eigenvalue weighted by Crippen LogP contribution is -2.64. The Morgan fingerprint density at radius 2 is 1.66 bits per heavy atom. The van der Waals surface area contributed by atoms with E-state index in [1.165, 1.54) is 0 Å². The van der Waals surface area contributed by atoms with Crippen molar-refractivity contribution in [1.82, 2.24) is 4.98 Å². The predicted octanol–water partition coefficient (Wildman–Crippen LogP) is 6.27. The van der Waals surface area contributed by atoms with Crippen LogP contribution in [0.15, 0.2) is 67.0 Å². The van der Waals surface area contributed by atoms with Gasteiger partial charge in [-0.15, -0.1) is 0 Å². The highest BCUT2D eigenvalue weighted by atomic mass is 35.5. The van der Waals surface area contributed by atoms with Gasteiger partial charge >= 0.3 is 12.1 Å². The van der Waals surface area contributed by atoms with Gasteiger partial charge in [0.05, 0.1) is 16.6 Å². The molecule has 1 saturated heterocycles. The van der Waals surface area contributed by atoms with Gasteiger partial charge in [-0.05, 0) is 48.4 Å². The Morgan fingerprint density at radius 1 is 0.947 bits per heavy atom. The maximum atomic E-state index is 14.8. The predicted molar refractivity (Wildman–Crippen MR) is 145 cm³/mol. The molecule has 2 aliphatic carbocycles. The van der Waals surface area contributed by atoms with Gasteiger partial charge in [0.15, 0.2) is 0 Å². The van der Waals surface area contributed by atoms with Gasteiger partial charge in [0, 0.05) is 68.8 Å². The summed E-state index contributed by atoms with van der Waals surface area (Å²) in [6.07, 6.45) is 7.75. The van der Waals surface area contributed by atoms with Crippen LogP contribution < -0.4 is 9.64 Å². The second-order valence-electron chi connectivity index (χ2n) is 10.6. The average Bonchev–Trinajstić information content (AvgIpc) is 3.70. The first-order valence-electron chi connectivity index (χ1n) is 13.3. The van der Waals surface area contributed by atoms with Crippen LogP contribution >= 0.6 is 11.6 Å². The van der Waals surface area contributed by atoms with Crippen LogP contribution in [0.2, 0.25) is 5.02 Å². The molecule has 0 spiro atoms. The van der Waals surface area contributed by atoms with Crippen molar-refractivity contribution in [2.45, 2.75) is 56.7 Å². The van der Waals surface area contributed by atoms with Crippen molar-refractivity contribution in [1.29, 1.82) is 0 Å². The largest absolute Gasteiger partial charge is 0.511 e. The monoisotopic (exact) mass is 532 g/mol. The fourth-order valence-corrected chi connectivity index (χ4v) is 7.11. The Balaban J connectivity index is 1.43. The normalized spacial score (nSPS) is 21.0. The van der Waals surface area contributed by atoms with Crippen molar-refractivity contribution in [3.63, 3.8) is 0 Å². The summed E-state index contributed by atoms with van der Waals surface area (Å²) in [4.78, 5) is 32.6. The van der Waals surface area contributed by atoms with E-state index < -0.39 is 6.16 Å². The quantitative estimate of drug-likeness (QED) is 0.229. The Bertz CT molecular complexity index is 1350. The van der Waals surface area contributed by atoms with Gasteiger partial charge in [0.1, 0.15) is 17.8 Å². The van der Waals surface area contributed by atoms with Gasteiger partial charge in [0.25, 0.3) is 0 Å². The van der Waals surface area contributed by atoms with Crippen molar-refractivity contribution in [3.8, 4) is 5.75 Å². The van der Waals surface area contributed by atoms with Crippen molar-refractivity contribution >= 4 is 29.4 Å². The van der Waals surface area contributed by atoms with Gasteiger partial charge in [0.2, 0.25) is 0 Å². The summed E-state index contributed by atoms with van der Waals surface area (Å²) >= 11 is 6.65. The summed E-state index contributed by atoms with van der Waals surface area (Å²) in [5.74, 6) is 0.387. The van der Waals surface area contributed by atoms with Gasteiger partial charge < -0.3 is 14.7 Å². The zero-order valence-corrected chi connectivity index (χ0v) is 21.9. The zero-order chi connectivity index (χ0) is 26.3. The molecular weight excluding hydrogens is 502 g/mol. The number of benzene rings is 2. The summed E-state index contributed by atoms with van der Waals surface area (Å²) in [7, 11) is 0. The van der Waals surface area contributed by atoms with E-state index in [0.29, 0.717) is 20.8 Å². The maximum absolute atomic E-state index is 14.8. The number of hydrogen-bond donors (Lipinski definition) is 1. The van der Waals surface area contributed by atoms with Crippen LogP contribution in [0.1, 0.15) is 59.6 Å². The molecule has 7 nitrogen and oxygen atoms in total. The first-order chi connectivity index (χ1) is 18.5. The number of carboxylic acid groups (broad SMARTS) is 1. The number of nitrogens with zero attached hydrogens (tertiary/aromatic N) is 3. The van der Waals surface area contributed by atoms with Crippen LogP contribution in [0.3, 0.4) is 0 Å². The summed E-state index contributed by atoms with van der Waals surface area (Å²) < 4.78 is 5.40. The molecule has 1 saturated carbocycles. The molecule has 1 aromatic heterocycles. The average molecular weight is 533 g/mol. The topological polar surface area (TPSA) is 79.7 Å². The highest BCUT2D eigenvalue weighted by molar-refractivity contribution is 6.33. The van der Waals surface area contributed by atoms with Gasteiger partial charge in [-0.25, -0.2) is 14.1 Å². The van der Waals surface area contributed by atoms with Crippen LogP contribution in [0.5, 0.6) is 5.75 Å². The van der Waals surface area contributed by atoms with Gasteiger partial charge in [-0.1, -0.05) is 29.8 Å². The number of fused-ring (bicyclic) bond motifs is 1. The number of rotatable bonds is 6. The molecule has 38 heavy (non-hydrogen) atoms. The molecule has 0 radical (unpaired) electrons. The molecule has 1 N–H and O–H groups in total. The molecule has 3 aromatic rings. The smallest absolute Gasteiger partial charge is 0.449 e. The van der Waals surface area contributed by atoms with Gasteiger partial charge in [-0.2, -0.15) is 0 Å². The van der Waals surface area contributed by atoms with E-state index in [0.717, 1.165) is 68.4 Å². The van der Waals surface area contributed by atoms with E-state index in [2.05, 4.69) is 9.88 Å². The van der Waals surface area contributed by atoms with E-state index in [4.69, 9.17) is 16.3 Å². The molecule has 3 aliphatic rings. The number of piperidine rings is 1. The van der Waals surface area contributed by atoms with Crippen molar-refractivity contribution < 1.29 is 23.9 Å². The highest BCUT2D eigenvalue weighted by Crippen LogP contribution is 2.53. The van der Waals surface area contributed by atoms with Gasteiger partial charge in [-0.3, -0.25) is 4.98 Å². The number of aryl methyl sites for hydroxylation is 1. The van der Waals surface area contributed by atoms with Crippen LogP contribution in [0.25, 0.3) is 0 Å². The van der Waals surface area contributed by atoms with Crippen molar-refractivity contribution in [2.24, 2.45) is 0 Å². The minimum absolute atomic E-state index is 0.0731. The van der Waals surface area contributed by atoms with Crippen LogP contribution in [-0.2, 0) is 6.42 Å². The number of quaternary nitrogens is 1. The van der Waals surface area contributed by atoms with Crippen molar-refractivity contribution in [3.05, 3.63) is 88.7 Å². The standard InChI is InChI=1S/C30H30ClN3O4/c31-27-4-2-1-3-25(27)29(35)34(22-7-8-22,23-13-17-33(18-14-23)21-11-15-32-16-12-21)28-10-6-20-5-9-24(19-26(20)28)38-30(36)37/h1-5,9,11-12,15-16,19,22-23,28H,6-8,10,13-14,17-18H2/p+1/t28-,34?/m1/s1. The number of aromatic nitrogens is 1. The Hall–Kier alpha value is -3.42. The molecule has 8 heteroatoms. The molecule has 6 rings (SSSR count). The number of amides is 1. The lowest BCUT2D eigenvalue weighted by Gasteiger charge is -2.50. The Labute approximate surface area is 227 Å². The molecule has 2 aromatic carbocycles.